The third-order valence-electron chi connectivity index (χ3n) is 2.78. The molecule has 8 heteroatoms. The van der Waals surface area contributed by atoms with Gasteiger partial charge in [-0.05, 0) is 24.3 Å². The van der Waals surface area contributed by atoms with Crippen molar-refractivity contribution < 1.29 is 14.4 Å². The second-order valence-corrected chi connectivity index (χ2v) is 4.65. The van der Waals surface area contributed by atoms with Gasteiger partial charge in [-0.25, -0.2) is 0 Å². The quantitative estimate of drug-likeness (QED) is 0.433. The second-order valence-electron chi connectivity index (χ2n) is 4.21. The molecule has 21 heavy (non-hydrogen) atoms. The minimum atomic E-state index is -0.559. The molecule has 0 unspecified atom stereocenters. The molecule has 2 aromatic carbocycles. The summed E-state index contributed by atoms with van der Waals surface area (Å²) in [5, 5.41) is 23.7. The Bertz CT molecular complexity index is 847. The van der Waals surface area contributed by atoms with Crippen molar-refractivity contribution in [2.24, 2.45) is 0 Å². The lowest BCUT2D eigenvalue weighted by atomic mass is 10.2. The molecule has 0 radical (unpaired) electrons. The standard InChI is InChI=1S/C13H8ClN3O4/c14-7-1-4-12-10(5-7)16-13(21-12)15-9-6-8(17(19)20)2-3-11(9)18/h1-6,18H,(H,15,16). The Kier molecular flexibility index (Phi) is 3.11. The van der Waals surface area contributed by atoms with Crippen LogP contribution in [0.1, 0.15) is 0 Å². The number of fused-ring (bicyclic) bond motifs is 1. The first-order chi connectivity index (χ1) is 10.0. The first-order valence-corrected chi connectivity index (χ1v) is 6.21. The molecule has 0 bridgehead atoms. The van der Waals surface area contributed by atoms with Gasteiger partial charge in [0.15, 0.2) is 5.58 Å². The Labute approximate surface area is 122 Å². The number of nitrogens with zero attached hydrogens (tertiary/aromatic N) is 2. The summed E-state index contributed by atoms with van der Waals surface area (Å²) >= 11 is 5.85. The summed E-state index contributed by atoms with van der Waals surface area (Å²) in [6, 6.07) is 8.65. The predicted molar refractivity (Wildman–Crippen MR) is 77.1 cm³/mol. The van der Waals surface area contributed by atoms with E-state index >= 15 is 0 Å². The van der Waals surface area contributed by atoms with Crippen LogP contribution < -0.4 is 5.32 Å². The second kappa shape index (κ2) is 4.95. The van der Waals surface area contributed by atoms with Gasteiger partial charge in [-0.3, -0.25) is 10.1 Å². The molecule has 106 valence electrons. The Hall–Kier alpha value is -2.80. The van der Waals surface area contributed by atoms with E-state index in [1.165, 1.54) is 18.2 Å². The Morgan fingerprint density at radius 2 is 2.10 bits per heavy atom. The summed E-state index contributed by atoms with van der Waals surface area (Å²) in [6.07, 6.45) is 0. The molecule has 0 atom stereocenters. The summed E-state index contributed by atoms with van der Waals surface area (Å²) < 4.78 is 5.42. The topological polar surface area (TPSA) is 101 Å². The van der Waals surface area contributed by atoms with E-state index in [0.29, 0.717) is 16.1 Å². The van der Waals surface area contributed by atoms with E-state index in [9.17, 15) is 15.2 Å². The monoisotopic (exact) mass is 305 g/mol. The molecule has 0 spiro atoms. The molecular formula is C13H8ClN3O4. The van der Waals surface area contributed by atoms with Crippen LogP contribution in [-0.4, -0.2) is 15.0 Å². The molecule has 3 rings (SSSR count). The van der Waals surface area contributed by atoms with Gasteiger partial charge in [0.25, 0.3) is 11.7 Å². The number of aromatic hydroxyl groups is 1. The van der Waals surface area contributed by atoms with Crippen LogP contribution in [0.4, 0.5) is 17.4 Å². The van der Waals surface area contributed by atoms with Crippen molar-refractivity contribution in [1.29, 1.82) is 0 Å². The first kappa shape index (κ1) is 13.2. The fourth-order valence-corrected chi connectivity index (χ4v) is 1.97. The van der Waals surface area contributed by atoms with E-state index in [2.05, 4.69) is 10.3 Å². The number of nitro benzene ring substituents is 1. The number of nitrogens with one attached hydrogen (secondary N) is 1. The van der Waals surface area contributed by atoms with Crippen LogP contribution in [0.2, 0.25) is 5.02 Å². The Morgan fingerprint density at radius 1 is 1.29 bits per heavy atom. The van der Waals surface area contributed by atoms with Gasteiger partial charge in [0.05, 0.1) is 10.6 Å². The van der Waals surface area contributed by atoms with E-state index in [1.54, 1.807) is 18.2 Å². The highest BCUT2D eigenvalue weighted by atomic mass is 35.5. The fraction of sp³-hybridized carbons (Fsp3) is 0. The number of aromatic nitrogens is 1. The molecule has 3 aromatic rings. The maximum Gasteiger partial charge on any atom is 0.300 e. The van der Waals surface area contributed by atoms with E-state index < -0.39 is 4.92 Å². The number of hydrogen-bond donors (Lipinski definition) is 2. The molecule has 2 N–H and O–H groups in total. The molecule has 0 saturated carbocycles. The highest BCUT2D eigenvalue weighted by Crippen LogP contribution is 2.31. The zero-order chi connectivity index (χ0) is 15.0. The number of hydrogen-bond acceptors (Lipinski definition) is 6. The van der Waals surface area contributed by atoms with Crippen molar-refractivity contribution >= 4 is 40.1 Å². The number of nitro groups is 1. The van der Waals surface area contributed by atoms with E-state index in [0.717, 1.165) is 0 Å². The van der Waals surface area contributed by atoms with Crippen LogP contribution in [0, 0.1) is 10.1 Å². The number of halogens is 1. The minimum absolute atomic E-state index is 0.100. The van der Waals surface area contributed by atoms with Crippen molar-refractivity contribution in [3.8, 4) is 5.75 Å². The number of anilines is 2. The molecule has 7 nitrogen and oxygen atoms in total. The zero-order valence-electron chi connectivity index (χ0n) is 10.4. The van der Waals surface area contributed by atoms with Gasteiger partial charge in [0, 0.05) is 17.2 Å². The molecule has 1 aromatic heterocycles. The number of phenolic OH excluding ortho intramolecular Hbond substituents is 1. The zero-order valence-corrected chi connectivity index (χ0v) is 11.2. The number of rotatable bonds is 3. The Balaban J connectivity index is 1.98. The van der Waals surface area contributed by atoms with Crippen LogP contribution in [0.5, 0.6) is 5.75 Å². The smallest absolute Gasteiger partial charge is 0.300 e. The van der Waals surface area contributed by atoms with Gasteiger partial charge in [-0.15, -0.1) is 0 Å². The van der Waals surface area contributed by atoms with Crippen molar-refractivity contribution in [2.45, 2.75) is 0 Å². The lowest BCUT2D eigenvalue weighted by Gasteiger charge is -2.03. The normalized spacial score (nSPS) is 10.7. The number of benzene rings is 2. The highest BCUT2D eigenvalue weighted by molar-refractivity contribution is 6.31. The van der Waals surface area contributed by atoms with Gasteiger partial charge in [0.1, 0.15) is 11.3 Å². The molecule has 0 amide bonds. The van der Waals surface area contributed by atoms with Crippen molar-refractivity contribution in [3.63, 3.8) is 0 Å². The summed E-state index contributed by atoms with van der Waals surface area (Å²) in [5.41, 5.74) is 1.01. The van der Waals surface area contributed by atoms with Crippen LogP contribution in [-0.2, 0) is 0 Å². The fourth-order valence-electron chi connectivity index (χ4n) is 1.81. The highest BCUT2D eigenvalue weighted by Gasteiger charge is 2.13. The molecular weight excluding hydrogens is 298 g/mol. The average Bonchev–Trinajstić information content (AvgIpc) is 2.82. The lowest BCUT2D eigenvalue weighted by molar-refractivity contribution is -0.384. The molecule has 0 aliphatic heterocycles. The van der Waals surface area contributed by atoms with Gasteiger partial charge >= 0.3 is 0 Å². The third kappa shape index (κ3) is 2.59. The first-order valence-electron chi connectivity index (χ1n) is 5.83. The summed E-state index contributed by atoms with van der Waals surface area (Å²) in [7, 11) is 0. The van der Waals surface area contributed by atoms with Gasteiger partial charge in [0.2, 0.25) is 0 Å². The number of oxazole rings is 1. The van der Waals surface area contributed by atoms with Crippen molar-refractivity contribution in [2.75, 3.05) is 5.32 Å². The van der Waals surface area contributed by atoms with Crippen LogP contribution >= 0.6 is 11.6 Å². The summed E-state index contributed by atoms with van der Waals surface area (Å²) in [5.74, 6) is -0.152. The van der Waals surface area contributed by atoms with E-state index in [1.807, 2.05) is 0 Å². The summed E-state index contributed by atoms with van der Waals surface area (Å²) in [6.45, 7) is 0. The summed E-state index contributed by atoms with van der Waals surface area (Å²) in [4.78, 5) is 14.3. The number of non-ortho nitro benzene ring substituents is 1. The SMILES string of the molecule is O=[N+]([O-])c1ccc(O)c(Nc2nc3cc(Cl)ccc3o2)c1. The maximum atomic E-state index is 10.7. The third-order valence-corrected chi connectivity index (χ3v) is 3.02. The molecule has 0 aliphatic rings. The maximum absolute atomic E-state index is 10.7. The van der Waals surface area contributed by atoms with E-state index in [-0.39, 0.29) is 23.1 Å². The van der Waals surface area contributed by atoms with Gasteiger partial charge < -0.3 is 14.8 Å². The van der Waals surface area contributed by atoms with E-state index in [4.69, 9.17) is 16.0 Å². The lowest BCUT2D eigenvalue weighted by Crippen LogP contribution is -1.93. The largest absolute Gasteiger partial charge is 0.506 e. The van der Waals surface area contributed by atoms with Gasteiger partial charge in [-0.1, -0.05) is 11.6 Å². The molecule has 0 saturated heterocycles. The molecule has 0 fully saturated rings. The predicted octanol–water partition coefficient (Wildman–Crippen LogP) is 3.84. The van der Waals surface area contributed by atoms with Crippen molar-refractivity contribution in [3.05, 3.63) is 51.5 Å². The molecule has 0 aliphatic carbocycles. The van der Waals surface area contributed by atoms with Crippen LogP contribution in [0.15, 0.2) is 40.8 Å². The van der Waals surface area contributed by atoms with Crippen LogP contribution in [0.3, 0.4) is 0 Å². The number of phenols is 1. The van der Waals surface area contributed by atoms with Gasteiger partial charge in [-0.2, -0.15) is 4.98 Å². The van der Waals surface area contributed by atoms with Crippen LogP contribution in [0.25, 0.3) is 11.1 Å². The average molecular weight is 306 g/mol. The molecule has 1 heterocycles. The Morgan fingerprint density at radius 3 is 2.86 bits per heavy atom. The minimum Gasteiger partial charge on any atom is -0.506 e. The van der Waals surface area contributed by atoms with Crippen molar-refractivity contribution in [1.82, 2.24) is 4.98 Å².